The summed E-state index contributed by atoms with van der Waals surface area (Å²) < 4.78 is 5.81. The standard InChI is InChI=1S/C38H29NOSi/c1-41(2,3)29-19-17-28(18-20-29)38-32-10-6-4-8-30(32)37(31-9-5-7-11-33(31)38)27-15-13-26(14-16-27)35-24-40-36-21-12-25(23-39)22-34(35)36/h4-22,24H,1-3H3. The first-order valence-corrected chi connectivity index (χ1v) is 17.5. The molecule has 0 unspecified atom stereocenters. The Morgan fingerprint density at radius 1 is 0.561 bits per heavy atom. The van der Waals surface area contributed by atoms with Crippen molar-refractivity contribution in [1.29, 1.82) is 5.26 Å². The lowest BCUT2D eigenvalue weighted by molar-refractivity contribution is 0.617. The maximum Gasteiger partial charge on any atom is 0.134 e. The molecule has 0 aliphatic rings. The van der Waals surface area contributed by atoms with Gasteiger partial charge >= 0.3 is 0 Å². The highest BCUT2D eigenvalue weighted by Crippen LogP contribution is 2.44. The number of fused-ring (bicyclic) bond motifs is 3. The summed E-state index contributed by atoms with van der Waals surface area (Å²) in [7, 11) is -1.38. The third-order valence-corrected chi connectivity index (χ3v) is 10.2. The molecule has 0 spiro atoms. The predicted octanol–water partition coefficient (Wildman–Crippen LogP) is 10.2. The van der Waals surface area contributed by atoms with Gasteiger partial charge in [-0.2, -0.15) is 5.26 Å². The second-order valence-electron chi connectivity index (χ2n) is 11.7. The van der Waals surface area contributed by atoms with Crippen LogP contribution in [0.4, 0.5) is 0 Å². The van der Waals surface area contributed by atoms with Crippen LogP contribution in [0.2, 0.25) is 19.6 Å². The van der Waals surface area contributed by atoms with Crippen molar-refractivity contribution in [3.63, 3.8) is 0 Å². The predicted molar refractivity (Wildman–Crippen MR) is 175 cm³/mol. The monoisotopic (exact) mass is 543 g/mol. The zero-order valence-corrected chi connectivity index (χ0v) is 24.4. The van der Waals surface area contributed by atoms with Gasteiger partial charge in [0.1, 0.15) is 5.58 Å². The van der Waals surface area contributed by atoms with E-state index in [1.165, 1.54) is 49.0 Å². The van der Waals surface area contributed by atoms with Crippen LogP contribution in [0.5, 0.6) is 0 Å². The highest BCUT2D eigenvalue weighted by molar-refractivity contribution is 6.88. The molecule has 0 aliphatic carbocycles. The molecule has 0 bridgehead atoms. The van der Waals surface area contributed by atoms with Crippen molar-refractivity contribution < 1.29 is 4.42 Å². The number of nitriles is 1. The quantitative estimate of drug-likeness (QED) is 0.164. The van der Waals surface area contributed by atoms with Gasteiger partial charge in [0.25, 0.3) is 0 Å². The van der Waals surface area contributed by atoms with Crippen LogP contribution in [0, 0.1) is 11.3 Å². The van der Waals surface area contributed by atoms with Gasteiger partial charge in [0.05, 0.1) is 26.0 Å². The molecule has 0 atom stereocenters. The molecule has 2 nitrogen and oxygen atoms in total. The lowest BCUT2D eigenvalue weighted by Gasteiger charge is -2.20. The topological polar surface area (TPSA) is 36.9 Å². The first kappa shape index (κ1) is 25.1. The van der Waals surface area contributed by atoms with Gasteiger partial charge in [-0.15, -0.1) is 0 Å². The Balaban J connectivity index is 1.41. The second-order valence-corrected chi connectivity index (χ2v) is 16.8. The first-order chi connectivity index (χ1) is 19.9. The van der Waals surface area contributed by atoms with Crippen molar-refractivity contribution in [2.24, 2.45) is 0 Å². The lowest BCUT2D eigenvalue weighted by atomic mass is 9.86. The van der Waals surface area contributed by atoms with Crippen LogP contribution in [0.1, 0.15) is 5.56 Å². The average molecular weight is 544 g/mol. The fourth-order valence-electron chi connectivity index (χ4n) is 6.03. The maximum absolute atomic E-state index is 9.39. The number of furan rings is 1. The summed E-state index contributed by atoms with van der Waals surface area (Å²) in [6.45, 7) is 7.18. The Morgan fingerprint density at radius 3 is 1.54 bits per heavy atom. The largest absolute Gasteiger partial charge is 0.464 e. The molecule has 0 fully saturated rings. The van der Waals surface area contributed by atoms with E-state index in [-0.39, 0.29) is 0 Å². The minimum Gasteiger partial charge on any atom is -0.464 e. The molecule has 7 aromatic rings. The summed E-state index contributed by atoms with van der Waals surface area (Å²) in [5.74, 6) is 0. The minimum absolute atomic E-state index is 0.630. The first-order valence-electron chi connectivity index (χ1n) is 14.0. The summed E-state index contributed by atoms with van der Waals surface area (Å²) in [6.07, 6.45) is 1.79. The minimum atomic E-state index is -1.38. The van der Waals surface area contributed by atoms with Crippen LogP contribution >= 0.6 is 0 Å². The summed E-state index contributed by atoms with van der Waals surface area (Å²) in [6, 6.07) is 43.4. The van der Waals surface area contributed by atoms with E-state index in [1.807, 2.05) is 12.1 Å². The summed E-state index contributed by atoms with van der Waals surface area (Å²) in [5.41, 5.74) is 8.44. The molecule has 0 N–H and O–H groups in total. The molecule has 1 heterocycles. The van der Waals surface area contributed by atoms with Crippen LogP contribution in [0.15, 0.2) is 126 Å². The van der Waals surface area contributed by atoms with E-state index >= 15 is 0 Å². The molecule has 0 radical (unpaired) electrons. The van der Waals surface area contributed by atoms with Crippen molar-refractivity contribution in [2.45, 2.75) is 19.6 Å². The van der Waals surface area contributed by atoms with Gasteiger partial charge < -0.3 is 4.42 Å². The van der Waals surface area contributed by atoms with Crippen LogP contribution in [-0.2, 0) is 0 Å². The second kappa shape index (κ2) is 9.62. The molecule has 0 aliphatic heterocycles. The highest BCUT2D eigenvalue weighted by atomic mass is 28.3. The van der Waals surface area contributed by atoms with Gasteiger partial charge in [0.15, 0.2) is 0 Å². The van der Waals surface area contributed by atoms with Gasteiger partial charge in [-0.1, -0.05) is 122 Å². The molecule has 0 amide bonds. The summed E-state index contributed by atoms with van der Waals surface area (Å²) in [5, 5.41) is 16.8. The Morgan fingerprint density at radius 2 is 1.05 bits per heavy atom. The number of nitrogens with zero attached hydrogens (tertiary/aromatic N) is 1. The number of hydrogen-bond donors (Lipinski definition) is 0. The molecule has 41 heavy (non-hydrogen) atoms. The van der Waals surface area contributed by atoms with Crippen LogP contribution < -0.4 is 5.19 Å². The number of hydrogen-bond acceptors (Lipinski definition) is 2. The van der Waals surface area contributed by atoms with Crippen molar-refractivity contribution >= 4 is 45.8 Å². The average Bonchev–Trinajstić information content (AvgIpc) is 3.43. The van der Waals surface area contributed by atoms with Gasteiger partial charge in [-0.25, -0.2) is 0 Å². The molecule has 3 heteroatoms. The Kier molecular flexibility index (Phi) is 5.89. The maximum atomic E-state index is 9.39. The van der Waals surface area contributed by atoms with E-state index in [4.69, 9.17) is 4.42 Å². The van der Waals surface area contributed by atoms with E-state index in [2.05, 4.69) is 123 Å². The fraction of sp³-hybridized carbons (Fsp3) is 0.0789. The Bertz CT molecular complexity index is 2070. The highest BCUT2D eigenvalue weighted by Gasteiger charge is 2.19. The van der Waals surface area contributed by atoms with Gasteiger partial charge in [-0.3, -0.25) is 0 Å². The van der Waals surface area contributed by atoms with Crippen LogP contribution in [0.25, 0.3) is 65.9 Å². The molecular weight excluding hydrogens is 515 g/mol. The molecule has 1 aromatic heterocycles. The van der Waals surface area contributed by atoms with E-state index in [1.54, 1.807) is 12.3 Å². The third kappa shape index (κ3) is 4.25. The van der Waals surface area contributed by atoms with Crippen molar-refractivity contribution in [2.75, 3.05) is 0 Å². The van der Waals surface area contributed by atoms with E-state index < -0.39 is 8.07 Å². The Hall–Kier alpha value is -4.91. The molecule has 196 valence electrons. The lowest BCUT2D eigenvalue weighted by Crippen LogP contribution is -2.37. The Labute approximate surface area is 241 Å². The van der Waals surface area contributed by atoms with Crippen LogP contribution in [-0.4, -0.2) is 8.07 Å². The van der Waals surface area contributed by atoms with E-state index in [9.17, 15) is 5.26 Å². The normalized spacial score (nSPS) is 11.8. The van der Waals surface area contributed by atoms with E-state index in [0.717, 1.165) is 22.1 Å². The zero-order chi connectivity index (χ0) is 28.1. The summed E-state index contributed by atoms with van der Waals surface area (Å²) >= 11 is 0. The molecule has 7 rings (SSSR count). The van der Waals surface area contributed by atoms with E-state index in [0.29, 0.717) is 5.56 Å². The van der Waals surface area contributed by atoms with Gasteiger partial charge in [0.2, 0.25) is 0 Å². The number of benzene rings is 6. The fourth-order valence-corrected chi connectivity index (χ4v) is 7.19. The number of rotatable bonds is 4. The summed E-state index contributed by atoms with van der Waals surface area (Å²) in [4.78, 5) is 0. The zero-order valence-electron chi connectivity index (χ0n) is 23.4. The van der Waals surface area contributed by atoms with Crippen LogP contribution in [0.3, 0.4) is 0 Å². The molecular formula is C38H29NOSi. The molecule has 0 saturated heterocycles. The van der Waals surface area contributed by atoms with Crippen molar-refractivity contribution in [3.8, 4) is 39.4 Å². The van der Waals surface area contributed by atoms with Crippen molar-refractivity contribution in [3.05, 3.63) is 127 Å². The SMILES string of the molecule is C[Si](C)(C)c1ccc(-c2c3ccccc3c(-c3ccc(-c4coc5ccc(C#N)cc45)cc3)c3ccccc23)cc1. The van der Waals surface area contributed by atoms with Gasteiger partial charge in [0, 0.05) is 10.9 Å². The van der Waals surface area contributed by atoms with Gasteiger partial charge in [-0.05, 0) is 67.6 Å². The third-order valence-electron chi connectivity index (χ3n) is 8.16. The molecule has 0 saturated carbocycles. The molecule has 6 aromatic carbocycles. The smallest absolute Gasteiger partial charge is 0.134 e. The van der Waals surface area contributed by atoms with Crippen molar-refractivity contribution in [1.82, 2.24) is 0 Å².